The van der Waals surface area contributed by atoms with Crippen molar-refractivity contribution in [1.29, 1.82) is 0 Å². The molecule has 1 aromatic carbocycles. The van der Waals surface area contributed by atoms with Gasteiger partial charge in [-0.3, -0.25) is 9.69 Å². The number of anilines is 2. The van der Waals surface area contributed by atoms with Gasteiger partial charge in [0.1, 0.15) is 0 Å². The third kappa shape index (κ3) is 3.87. The molecule has 110 valence electrons. The summed E-state index contributed by atoms with van der Waals surface area (Å²) >= 11 is 5.87. The Balaban J connectivity index is 1.97. The number of halogens is 1. The molecular formula is C15H22ClN3O. The molecule has 1 unspecified atom stereocenters. The van der Waals surface area contributed by atoms with Crippen LogP contribution in [0.5, 0.6) is 0 Å². The standard InChI is InChI=1S/C15H22ClN3O/c1-11(19-8-4-2-3-5-9-19)15(20)18-12-6-7-13(16)14(17)10-12/h6-7,10-11H,2-5,8-9,17H2,1H3,(H,18,20). The van der Waals surface area contributed by atoms with Crippen LogP contribution < -0.4 is 11.1 Å². The largest absolute Gasteiger partial charge is 0.397 e. The molecule has 5 heteroatoms. The van der Waals surface area contributed by atoms with Crippen molar-refractivity contribution in [2.24, 2.45) is 0 Å². The van der Waals surface area contributed by atoms with E-state index >= 15 is 0 Å². The summed E-state index contributed by atoms with van der Waals surface area (Å²) in [7, 11) is 0. The molecule has 1 aromatic rings. The predicted molar refractivity (Wildman–Crippen MR) is 84.0 cm³/mol. The molecule has 1 heterocycles. The second-order valence-corrected chi connectivity index (χ2v) is 5.76. The molecule has 1 atom stereocenters. The Morgan fingerprint density at radius 2 is 1.95 bits per heavy atom. The lowest BCUT2D eigenvalue weighted by atomic mass is 10.2. The van der Waals surface area contributed by atoms with E-state index in [0.29, 0.717) is 16.4 Å². The highest BCUT2D eigenvalue weighted by atomic mass is 35.5. The summed E-state index contributed by atoms with van der Waals surface area (Å²) in [6.45, 7) is 3.95. The summed E-state index contributed by atoms with van der Waals surface area (Å²) in [6, 6.07) is 5.04. The van der Waals surface area contributed by atoms with Crippen LogP contribution in [0, 0.1) is 0 Å². The van der Waals surface area contributed by atoms with E-state index in [2.05, 4.69) is 10.2 Å². The summed E-state index contributed by atoms with van der Waals surface area (Å²) in [5.41, 5.74) is 6.91. The molecular weight excluding hydrogens is 274 g/mol. The molecule has 0 saturated carbocycles. The number of nitrogens with one attached hydrogen (secondary N) is 1. The minimum absolute atomic E-state index is 0.00798. The zero-order chi connectivity index (χ0) is 14.5. The Labute approximate surface area is 125 Å². The van der Waals surface area contributed by atoms with Gasteiger partial charge in [-0.2, -0.15) is 0 Å². The molecule has 0 bridgehead atoms. The molecule has 3 N–H and O–H groups in total. The number of carbonyl (C=O) groups excluding carboxylic acids is 1. The predicted octanol–water partition coefficient (Wildman–Crippen LogP) is 3.13. The van der Waals surface area contributed by atoms with Crippen LogP contribution in [0.15, 0.2) is 18.2 Å². The molecule has 4 nitrogen and oxygen atoms in total. The monoisotopic (exact) mass is 295 g/mol. The molecule has 20 heavy (non-hydrogen) atoms. The van der Waals surface area contributed by atoms with Gasteiger partial charge in [-0.15, -0.1) is 0 Å². The molecule has 0 radical (unpaired) electrons. The van der Waals surface area contributed by atoms with Crippen LogP contribution in [0.4, 0.5) is 11.4 Å². The van der Waals surface area contributed by atoms with Gasteiger partial charge in [0.2, 0.25) is 5.91 Å². The molecule has 1 amide bonds. The van der Waals surface area contributed by atoms with E-state index in [4.69, 9.17) is 17.3 Å². The average Bonchev–Trinajstić information content (AvgIpc) is 2.71. The van der Waals surface area contributed by atoms with E-state index in [9.17, 15) is 4.79 Å². The fourth-order valence-electron chi connectivity index (χ4n) is 2.52. The number of hydrogen-bond acceptors (Lipinski definition) is 3. The van der Waals surface area contributed by atoms with E-state index in [0.717, 1.165) is 13.1 Å². The first-order valence-corrected chi connectivity index (χ1v) is 7.55. The van der Waals surface area contributed by atoms with Crippen molar-refractivity contribution < 1.29 is 4.79 Å². The summed E-state index contributed by atoms with van der Waals surface area (Å²) < 4.78 is 0. The number of likely N-dealkylation sites (tertiary alicyclic amines) is 1. The zero-order valence-corrected chi connectivity index (χ0v) is 12.6. The molecule has 1 fully saturated rings. The Morgan fingerprint density at radius 3 is 2.55 bits per heavy atom. The number of amides is 1. The number of rotatable bonds is 3. The molecule has 2 rings (SSSR count). The van der Waals surface area contributed by atoms with Gasteiger partial charge in [-0.05, 0) is 51.1 Å². The van der Waals surface area contributed by atoms with Gasteiger partial charge in [0.15, 0.2) is 0 Å². The summed E-state index contributed by atoms with van der Waals surface area (Å²) in [4.78, 5) is 14.5. The first-order chi connectivity index (χ1) is 9.58. The van der Waals surface area contributed by atoms with E-state index in [1.807, 2.05) is 6.92 Å². The van der Waals surface area contributed by atoms with Crippen LogP contribution >= 0.6 is 11.6 Å². The molecule has 1 aliphatic rings. The molecule has 0 aromatic heterocycles. The van der Waals surface area contributed by atoms with Gasteiger partial charge in [0.05, 0.1) is 16.8 Å². The van der Waals surface area contributed by atoms with Gasteiger partial charge in [0.25, 0.3) is 0 Å². The highest BCUT2D eigenvalue weighted by molar-refractivity contribution is 6.33. The Kier molecular flexibility index (Phi) is 5.26. The van der Waals surface area contributed by atoms with Crippen molar-refractivity contribution in [3.05, 3.63) is 23.2 Å². The van der Waals surface area contributed by atoms with E-state index in [1.54, 1.807) is 18.2 Å². The minimum Gasteiger partial charge on any atom is -0.397 e. The second-order valence-electron chi connectivity index (χ2n) is 5.35. The van der Waals surface area contributed by atoms with Gasteiger partial charge in [0, 0.05) is 5.69 Å². The highest BCUT2D eigenvalue weighted by Crippen LogP contribution is 2.22. The molecule has 1 aliphatic heterocycles. The number of nitrogen functional groups attached to an aromatic ring is 1. The fourth-order valence-corrected chi connectivity index (χ4v) is 2.63. The van der Waals surface area contributed by atoms with Crippen molar-refractivity contribution >= 4 is 28.9 Å². The third-order valence-electron chi connectivity index (χ3n) is 3.83. The SMILES string of the molecule is CC(C(=O)Nc1ccc(Cl)c(N)c1)N1CCCCCC1. The van der Waals surface area contributed by atoms with Crippen LogP contribution in [0.3, 0.4) is 0 Å². The van der Waals surface area contributed by atoms with Crippen molar-refractivity contribution in [2.75, 3.05) is 24.1 Å². The summed E-state index contributed by atoms with van der Waals surface area (Å²) in [6.07, 6.45) is 4.87. The Bertz CT molecular complexity index is 470. The quantitative estimate of drug-likeness (QED) is 0.842. The second kappa shape index (κ2) is 6.95. The minimum atomic E-state index is -0.120. The average molecular weight is 296 g/mol. The van der Waals surface area contributed by atoms with E-state index in [-0.39, 0.29) is 11.9 Å². The summed E-state index contributed by atoms with van der Waals surface area (Å²) in [5, 5.41) is 3.41. The third-order valence-corrected chi connectivity index (χ3v) is 4.18. The topological polar surface area (TPSA) is 58.4 Å². The smallest absolute Gasteiger partial charge is 0.241 e. The maximum Gasteiger partial charge on any atom is 0.241 e. The number of nitrogens with two attached hydrogens (primary N) is 1. The van der Waals surface area contributed by atoms with Gasteiger partial charge < -0.3 is 11.1 Å². The van der Waals surface area contributed by atoms with Crippen LogP contribution in [0.2, 0.25) is 5.02 Å². The first-order valence-electron chi connectivity index (χ1n) is 7.18. The normalized spacial score (nSPS) is 18.3. The van der Waals surface area contributed by atoms with Crippen LogP contribution in [0.1, 0.15) is 32.6 Å². The maximum absolute atomic E-state index is 12.3. The van der Waals surface area contributed by atoms with Crippen LogP contribution in [0.25, 0.3) is 0 Å². The lowest BCUT2D eigenvalue weighted by molar-refractivity contribution is -0.120. The van der Waals surface area contributed by atoms with Crippen molar-refractivity contribution in [3.63, 3.8) is 0 Å². The Morgan fingerprint density at radius 1 is 1.30 bits per heavy atom. The van der Waals surface area contributed by atoms with Crippen LogP contribution in [-0.2, 0) is 4.79 Å². The molecule has 1 saturated heterocycles. The van der Waals surface area contributed by atoms with Gasteiger partial charge >= 0.3 is 0 Å². The lowest BCUT2D eigenvalue weighted by Crippen LogP contribution is -2.42. The fraction of sp³-hybridized carbons (Fsp3) is 0.533. The number of nitrogens with zero attached hydrogens (tertiary/aromatic N) is 1. The Hall–Kier alpha value is -1.26. The zero-order valence-electron chi connectivity index (χ0n) is 11.9. The number of carbonyl (C=O) groups is 1. The first kappa shape index (κ1) is 15.1. The van der Waals surface area contributed by atoms with Gasteiger partial charge in [-0.1, -0.05) is 24.4 Å². The number of benzene rings is 1. The number of hydrogen-bond donors (Lipinski definition) is 2. The van der Waals surface area contributed by atoms with E-state index in [1.165, 1.54) is 25.7 Å². The lowest BCUT2D eigenvalue weighted by Gasteiger charge is -2.26. The van der Waals surface area contributed by atoms with E-state index < -0.39 is 0 Å². The van der Waals surface area contributed by atoms with Gasteiger partial charge in [-0.25, -0.2) is 0 Å². The highest BCUT2D eigenvalue weighted by Gasteiger charge is 2.22. The molecule has 0 aliphatic carbocycles. The van der Waals surface area contributed by atoms with Crippen molar-refractivity contribution in [3.8, 4) is 0 Å². The van der Waals surface area contributed by atoms with Crippen molar-refractivity contribution in [2.45, 2.75) is 38.6 Å². The summed E-state index contributed by atoms with van der Waals surface area (Å²) in [5.74, 6) is 0.00798. The van der Waals surface area contributed by atoms with Crippen molar-refractivity contribution in [1.82, 2.24) is 4.90 Å². The molecule has 0 spiro atoms. The maximum atomic E-state index is 12.3. The van der Waals surface area contributed by atoms with Crippen LogP contribution in [-0.4, -0.2) is 29.9 Å².